The van der Waals surface area contributed by atoms with Crippen LogP contribution in [0.5, 0.6) is 0 Å². The summed E-state index contributed by atoms with van der Waals surface area (Å²) in [7, 11) is 0. The summed E-state index contributed by atoms with van der Waals surface area (Å²) in [4.78, 5) is 0.783. The fraction of sp³-hybridized carbons (Fsp3) is 0.917. The van der Waals surface area contributed by atoms with Crippen molar-refractivity contribution in [3.8, 4) is 0 Å². The molecule has 0 heterocycles. The van der Waals surface area contributed by atoms with Gasteiger partial charge in [0.25, 0.3) is 0 Å². The highest BCUT2D eigenvalue weighted by Crippen LogP contribution is 2.16. The Morgan fingerprint density at radius 1 is 0.857 bits per heavy atom. The highest BCUT2D eigenvalue weighted by molar-refractivity contribution is 7.80. The third-order valence-electron chi connectivity index (χ3n) is 3.00. The molecule has 1 atom stereocenters. The van der Waals surface area contributed by atoms with Gasteiger partial charge in [-0.15, -0.1) is 0 Å². The summed E-state index contributed by atoms with van der Waals surface area (Å²) in [6, 6.07) is 0. The zero-order valence-electron chi connectivity index (χ0n) is 8.96. The van der Waals surface area contributed by atoms with Crippen molar-refractivity contribution in [2.45, 2.75) is 70.3 Å². The van der Waals surface area contributed by atoms with E-state index in [4.69, 9.17) is 12.2 Å². The standard InChI is InChI=1S/C12H21OS/c13-11-9-7-5-3-1-2-4-6-8-10-12(11)14/h11H,1-10H2. The Labute approximate surface area is 92.9 Å². The van der Waals surface area contributed by atoms with Crippen molar-refractivity contribution < 1.29 is 5.11 Å². The predicted molar refractivity (Wildman–Crippen MR) is 63.2 cm³/mol. The fourth-order valence-electron chi connectivity index (χ4n) is 2.01. The molecule has 0 N–H and O–H groups in total. The molecule has 0 aromatic heterocycles. The first kappa shape index (κ1) is 12.1. The molecule has 0 aromatic rings. The number of hydrogen-bond donors (Lipinski definition) is 0. The Morgan fingerprint density at radius 2 is 1.36 bits per heavy atom. The van der Waals surface area contributed by atoms with Gasteiger partial charge >= 0.3 is 0 Å². The second-order valence-electron chi connectivity index (χ2n) is 4.32. The van der Waals surface area contributed by atoms with Crippen molar-refractivity contribution in [2.24, 2.45) is 0 Å². The van der Waals surface area contributed by atoms with Gasteiger partial charge in [0.1, 0.15) is 6.10 Å². The van der Waals surface area contributed by atoms with E-state index in [-0.39, 0.29) is 0 Å². The van der Waals surface area contributed by atoms with E-state index in [1.165, 1.54) is 38.5 Å². The second kappa shape index (κ2) is 7.36. The van der Waals surface area contributed by atoms with E-state index in [1.807, 2.05) is 0 Å². The first-order chi connectivity index (χ1) is 6.80. The van der Waals surface area contributed by atoms with Gasteiger partial charge in [0.05, 0.1) is 0 Å². The smallest absolute Gasteiger partial charge is 0.124 e. The van der Waals surface area contributed by atoms with Gasteiger partial charge in [0.15, 0.2) is 0 Å². The molecule has 0 amide bonds. The zero-order valence-corrected chi connectivity index (χ0v) is 9.78. The molecule has 1 saturated carbocycles. The van der Waals surface area contributed by atoms with Gasteiger partial charge in [-0.1, -0.05) is 57.2 Å². The van der Waals surface area contributed by atoms with Gasteiger partial charge in [-0.05, 0) is 19.3 Å². The SMILES string of the molecule is [O]C1CCCCCCCCCCC1=S. The molecule has 1 fully saturated rings. The van der Waals surface area contributed by atoms with Crippen LogP contribution in [0.1, 0.15) is 64.2 Å². The van der Waals surface area contributed by atoms with E-state index in [0.29, 0.717) is 0 Å². The maximum Gasteiger partial charge on any atom is 0.124 e. The molecule has 1 unspecified atom stereocenters. The van der Waals surface area contributed by atoms with Crippen molar-refractivity contribution >= 4 is 17.1 Å². The van der Waals surface area contributed by atoms with E-state index in [1.54, 1.807) is 0 Å². The molecule has 1 aliphatic rings. The monoisotopic (exact) mass is 213 g/mol. The minimum Gasteiger partial charge on any atom is -0.227 e. The minimum absolute atomic E-state index is 0.551. The van der Waals surface area contributed by atoms with E-state index in [9.17, 15) is 5.11 Å². The molecule has 0 saturated heterocycles. The molecule has 81 valence electrons. The van der Waals surface area contributed by atoms with Crippen molar-refractivity contribution in [2.75, 3.05) is 0 Å². The molecule has 0 spiro atoms. The lowest BCUT2D eigenvalue weighted by atomic mass is 9.99. The van der Waals surface area contributed by atoms with Crippen molar-refractivity contribution in [3.05, 3.63) is 0 Å². The normalized spacial score (nSPS) is 27.8. The van der Waals surface area contributed by atoms with Crippen molar-refractivity contribution in [1.82, 2.24) is 0 Å². The molecule has 1 nitrogen and oxygen atoms in total. The topological polar surface area (TPSA) is 19.9 Å². The molecule has 1 rings (SSSR count). The van der Waals surface area contributed by atoms with Crippen LogP contribution in [0.15, 0.2) is 0 Å². The summed E-state index contributed by atoms with van der Waals surface area (Å²) in [5.74, 6) is 0. The average molecular weight is 213 g/mol. The van der Waals surface area contributed by atoms with Gasteiger partial charge in [0, 0.05) is 4.86 Å². The van der Waals surface area contributed by atoms with Gasteiger partial charge in [-0.2, -0.15) is 0 Å². The van der Waals surface area contributed by atoms with Crippen LogP contribution >= 0.6 is 12.2 Å². The lowest BCUT2D eigenvalue weighted by Crippen LogP contribution is -2.16. The zero-order chi connectivity index (χ0) is 10.2. The molecular formula is C12H21OS. The Bertz CT molecular complexity index is 168. The molecule has 0 bridgehead atoms. The predicted octanol–water partition coefficient (Wildman–Crippen LogP) is 4.07. The summed E-state index contributed by atoms with van der Waals surface area (Å²) in [5.41, 5.74) is 0. The van der Waals surface area contributed by atoms with Gasteiger partial charge in [-0.25, -0.2) is 5.11 Å². The third-order valence-corrected chi connectivity index (χ3v) is 3.47. The quantitative estimate of drug-likeness (QED) is 0.555. The number of rotatable bonds is 0. The molecular weight excluding hydrogens is 192 g/mol. The summed E-state index contributed by atoms with van der Waals surface area (Å²) in [6.45, 7) is 0. The van der Waals surface area contributed by atoms with Crippen LogP contribution < -0.4 is 0 Å². The first-order valence-corrected chi connectivity index (χ1v) is 6.40. The highest BCUT2D eigenvalue weighted by atomic mass is 32.1. The van der Waals surface area contributed by atoms with Crippen LogP contribution in [0, 0.1) is 0 Å². The van der Waals surface area contributed by atoms with Crippen LogP contribution in [-0.2, 0) is 5.11 Å². The molecule has 1 aliphatic carbocycles. The molecule has 0 aromatic carbocycles. The van der Waals surface area contributed by atoms with E-state index < -0.39 is 6.10 Å². The maximum atomic E-state index is 11.6. The Hall–Kier alpha value is 0.0500. The summed E-state index contributed by atoms with van der Waals surface area (Å²) >= 11 is 5.15. The fourth-order valence-corrected chi connectivity index (χ4v) is 2.27. The Kier molecular flexibility index (Phi) is 6.37. The summed E-state index contributed by atoms with van der Waals surface area (Å²) in [6.07, 6.45) is 11.2. The van der Waals surface area contributed by atoms with Crippen LogP contribution in [0.25, 0.3) is 0 Å². The van der Waals surface area contributed by atoms with E-state index in [2.05, 4.69) is 0 Å². The van der Waals surface area contributed by atoms with Gasteiger partial charge < -0.3 is 0 Å². The minimum atomic E-state index is -0.551. The van der Waals surface area contributed by atoms with Crippen LogP contribution in [0.3, 0.4) is 0 Å². The second-order valence-corrected chi connectivity index (χ2v) is 4.85. The maximum absolute atomic E-state index is 11.6. The molecule has 1 radical (unpaired) electrons. The number of hydrogen-bond acceptors (Lipinski definition) is 1. The van der Waals surface area contributed by atoms with Crippen LogP contribution in [0.4, 0.5) is 0 Å². The lowest BCUT2D eigenvalue weighted by Gasteiger charge is -2.11. The average Bonchev–Trinajstić information content (AvgIpc) is 2.18. The Balaban J connectivity index is 2.27. The summed E-state index contributed by atoms with van der Waals surface area (Å²) < 4.78 is 0. The molecule has 14 heavy (non-hydrogen) atoms. The highest BCUT2D eigenvalue weighted by Gasteiger charge is 2.12. The van der Waals surface area contributed by atoms with E-state index in [0.717, 1.165) is 30.5 Å². The third kappa shape index (κ3) is 5.06. The largest absolute Gasteiger partial charge is 0.227 e. The first-order valence-electron chi connectivity index (χ1n) is 5.99. The molecule has 0 aliphatic heterocycles. The lowest BCUT2D eigenvalue weighted by molar-refractivity contribution is 0.135. The summed E-state index contributed by atoms with van der Waals surface area (Å²) in [5, 5.41) is 11.6. The van der Waals surface area contributed by atoms with Gasteiger partial charge in [-0.3, -0.25) is 0 Å². The molecule has 2 heteroatoms. The Morgan fingerprint density at radius 3 is 2.00 bits per heavy atom. The van der Waals surface area contributed by atoms with Gasteiger partial charge in [0.2, 0.25) is 0 Å². The van der Waals surface area contributed by atoms with Crippen LogP contribution in [-0.4, -0.2) is 11.0 Å². The van der Waals surface area contributed by atoms with Crippen molar-refractivity contribution in [3.63, 3.8) is 0 Å². The number of thiocarbonyl (C=S) groups is 1. The van der Waals surface area contributed by atoms with Crippen molar-refractivity contribution in [1.29, 1.82) is 0 Å². The van der Waals surface area contributed by atoms with E-state index >= 15 is 0 Å². The van der Waals surface area contributed by atoms with Crippen LogP contribution in [0.2, 0.25) is 0 Å².